The van der Waals surface area contributed by atoms with Gasteiger partial charge in [-0.1, -0.05) is 42.4 Å². The van der Waals surface area contributed by atoms with E-state index in [-0.39, 0.29) is 5.91 Å². The Kier molecular flexibility index (Phi) is 4.21. The molecule has 2 aromatic rings. The van der Waals surface area contributed by atoms with Crippen LogP contribution in [0.4, 0.5) is 0 Å². The van der Waals surface area contributed by atoms with Crippen LogP contribution in [0.15, 0.2) is 10.7 Å². The van der Waals surface area contributed by atoms with Crippen LogP contribution < -0.4 is 0 Å². The van der Waals surface area contributed by atoms with Gasteiger partial charge in [0.25, 0.3) is 0 Å². The molecular weight excluding hydrogens is 294 g/mol. The molecule has 0 unspecified atom stereocenters. The molecule has 1 saturated carbocycles. The van der Waals surface area contributed by atoms with Gasteiger partial charge in [-0.05, 0) is 12.8 Å². The quantitative estimate of drug-likeness (QED) is 0.809. The Morgan fingerprint density at radius 3 is 3.05 bits per heavy atom. The summed E-state index contributed by atoms with van der Waals surface area (Å²) in [4.78, 5) is 14.9. The normalized spacial score (nSPS) is 16.6. The first-order chi connectivity index (χ1) is 9.74. The summed E-state index contributed by atoms with van der Waals surface area (Å²) in [5.41, 5.74) is 0. The van der Waals surface area contributed by atoms with Crippen molar-refractivity contribution in [1.29, 1.82) is 0 Å². The molecule has 6 nitrogen and oxygen atoms in total. The second kappa shape index (κ2) is 6.09. The summed E-state index contributed by atoms with van der Waals surface area (Å²) in [7, 11) is 1.93. The number of nitrogens with zero attached hydrogens (tertiary/aromatic N) is 5. The molecule has 0 N–H and O–H groups in total. The molecule has 0 atom stereocenters. The molecular formula is C12H17N5OS2. The van der Waals surface area contributed by atoms with Gasteiger partial charge < -0.3 is 4.90 Å². The van der Waals surface area contributed by atoms with Crippen molar-refractivity contribution in [2.24, 2.45) is 0 Å². The molecule has 1 fully saturated rings. The molecule has 108 valence electrons. The lowest BCUT2D eigenvalue weighted by molar-refractivity contribution is -0.129. The number of fused-ring (bicyclic) bond motifs is 1. The Morgan fingerprint density at radius 1 is 1.50 bits per heavy atom. The molecule has 20 heavy (non-hydrogen) atoms. The van der Waals surface area contributed by atoms with Crippen molar-refractivity contribution in [3.63, 3.8) is 0 Å². The molecule has 1 aliphatic carbocycles. The van der Waals surface area contributed by atoms with Crippen molar-refractivity contribution in [3.05, 3.63) is 6.33 Å². The number of rotatable bonds is 4. The third-order valence-electron chi connectivity index (χ3n) is 3.70. The van der Waals surface area contributed by atoms with Crippen molar-refractivity contribution in [1.82, 2.24) is 24.7 Å². The maximum atomic E-state index is 12.2. The minimum atomic E-state index is 0.188. The second-order valence-corrected chi connectivity index (χ2v) is 7.19. The average Bonchev–Trinajstić information content (AvgIpc) is 3.06. The summed E-state index contributed by atoms with van der Waals surface area (Å²) in [6.07, 6.45) is 7.65. The lowest BCUT2D eigenvalue weighted by atomic mass is 9.94. The van der Waals surface area contributed by atoms with E-state index < -0.39 is 0 Å². The van der Waals surface area contributed by atoms with Crippen LogP contribution in [0, 0.1) is 0 Å². The molecule has 0 aliphatic heterocycles. The van der Waals surface area contributed by atoms with Crippen LogP contribution in [0.3, 0.4) is 0 Å². The number of hydrogen-bond donors (Lipinski definition) is 0. The Balaban J connectivity index is 1.54. The molecule has 0 aromatic carbocycles. The summed E-state index contributed by atoms with van der Waals surface area (Å²) < 4.78 is 2.50. The average molecular weight is 311 g/mol. The maximum Gasteiger partial charge on any atom is 0.235 e. The maximum absolute atomic E-state index is 12.2. The fraction of sp³-hybridized carbons (Fsp3) is 0.667. The van der Waals surface area contributed by atoms with Crippen molar-refractivity contribution >= 4 is 34.0 Å². The van der Waals surface area contributed by atoms with Crippen LogP contribution in [0.5, 0.6) is 0 Å². The van der Waals surface area contributed by atoms with Crippen LogP contribution in [0.2, 0.25) is 0 Å². The highest BCUT2D eigenvalue weighted by Crippen LogP contribution is 2.25. The lowest BCUT2D eigenvalue weighted by Crippen LogP contribution is -2.39. The lowest BCUT2D eigenvalue weighted by Gasteiger charge is -2.31. The number of amides is 1. The van der Waals surface area contributed by atoms with E-state index >= 15 is 0 Å². The SMILES string of the molecule is CN(C(=O)CSc1nn2cnnc2s1)C1CCCCC1. The van der Waals surface area contributed by atoms with Gasteiger partial charge in [0.2, 0.25) is 10.9 Å². The molecule has 8 heteroatoms. The van der Waals surface area contributed by atoms with Crippen LogP contribution in [0.25, 0.3) is 4.96 Å². The summed E-state index contributed by atoms with van der Waals surface area (Å²) in [6, 6.07) is 0.426. The van der Waals surface area contributed by atoms with E-state index in [1.807, 2.05) is 11.9 Å². The van der Waals surface area contributed by atoms with Crippen molar-refractivity contribution < 1.29 is 4.79 Å². The van der Waals surface area contributed by atoms with E-state index in [1.165, 1.54) is 42.4 Å². The Labute approximate surface area is 125 Å². The van der Waals surface area contributed by atoms with Crippen molar-refractivity contribution in [2.75, 3.05) is 12.8 Å². The van der Waals surface area contributed by atoms with E-state index in [0.717, 1.165) is 22.1 Å². The van der Waals surface area contributed by atoms with Gasteiger partial charge in [-0.15, -0.1) is 15.3 Å². The van der Waals surface area contributed by atoms with Crippen LogP contribution in [-0.2, 0) is 4.79 Å². The minimum Gasteiger partial charge on any atom is -0.342 e. The predicted octanol–water partition coefficient (Wildman–Crippen LogP) is 2.07. The second-order valence-electron chi connectivity index (χ2n) is 5.01. The third kappa shape index (κ3) is 2.95. The number of thioether (sulfide) groups is 1. The summed E-state index contributed by atoms with van der Waals surface area (Å²) in [6.45, 7) is 0. The fourth-order valence-corrected chi connectivity index (χ4v) is 4.28. The Morgan fingerprint density at radius 2 is 2.30 bits per heavy atom. The van der Waals surface area contributed by atoms with Crippen LogP contribution in [-0.4, -0.2) is 49.5 Å². The summed E-state index contributed by atoms with van der Waals surface area (Å²) >= 11 is 2.94. The van der Waals surface area contributed by atoms with Gasteiger partial charge in [-0.3, -0.25) is 4.79 Å². The highest BCUT2D eigenvalue weighted by atomic mass is 32.2. The summed E-state index contributed by atoms with van der Waals surface area (Å²) in [5, 5.41) is 12.0. The van der Waals surface area contributed by atoms with Crippen LogP contribution in [0.1, 0.15) is 32.1 Å². The zero-order valence-electron chi connectivity index (χ0n) is 11.4. The van der Waals surface area contributed by atoms with E-state index in [1.54, 1.807) is 10.8 Å². The molecule has 0 saturated heterocycles. The third-order valence-corrected chi connectivity index (χ3v) is 5.73. The highest BCUT2D eigenvalue weighted by molar-refractivity contribution is 8.01. The topological polar surface area (TPSA) is 63.4 Å². The molecule has 0 bridgehead atoms. The van der Waals surface area contributed by atoms with E-state index in [4.69, 9.17) is 0 Å². The molecule has 2 aromatic heterocycles. The number of hydrogen-bond acceptors (Lipinski definition) is 6. The molecule has 2 heterocycles. The zero-order chi connectivity index (χ0) is 13.9. The van der Waals surface area contributed by atoms with Gasteiger partial charge in [0.15, 0.2) is 4.34 Å². The molecule has 0 radical (unpaired) electrons. The van der Waals surface area contributed by atoms with Crippen LogP contribution >= 0.6 is 23.1 Å². The highest BCUT2D eigenvalue weighted by Gasteiger charge is 2.22. The standard InChI is InChI=1S/C12H17N5OS2/c1-16(9-5-3-2-4-6-9)10(18)7-19-12-15-17-8-13-14-11(17)20-12/h8-9H,2-7H2,1H3. The van der Waals surface area contributed by atoms with Crippen molar-refractivity contribution in [3.8, 4) is 0 Å². The summed E-state index contributed by atoms with van der Waals surface area (Å²) in [5.74, 6) is 0.629. The number of carbonyl (C=O) groups is 1. The molecule has 1 amide bonds. The van der Waals surface area contributed by atoms with Gasteiger partial charge >= 0.3 is 0 Å². The molecule has 3 rings (SSSR count). The van der Waals surface area contributed by atoms with E-state index in [9.17, 15) is 4.79 Å². The van der Waals surface area contributed by atoms with Gasteiger partial charge in [-0.2, -0.15) is 4.52 Å². The van der Waals surface area contributed by atoms with Gasteiger partial charge in [0.1, 0.15) is 6.33 Å². The predicted molar refractivity (Wildman–Crippen MR) is 79.0 cm³/mol. The number of aromatic nitrogens is 4. The molecule has 1 aliphatic rings. The first kappa shape index (κ1) is 13.8. The van der Waals surface area contributed by atoms with Gasteiger partial charge in [-0.25, -0.2) is 0 Å². The largest absolute Gasteiger partial charge is 0.342 e. The van der Waals surface area contributed by atoms with E-state index in [2.05, 4.69) is 15.3 Å². The Hall–Kier alpha value is -1.15. The Bertz CT molecular complexity index is 561. The monoisotopic (exact) mass is 311 g/mol. The molecule has 0 spiro atoms. The zero-order valence-corrected chi connectivity index (χ0v) is 13.0. The van der Waals surface area contributed by atoms with E-state index in [0.29, 0.717) is 11.8 Å². The first-order valence-electron chi connectivity index (χ1n) is 6.79. The fourth-order valence-electron chi connectivity index (χ4n) is 2.50. The smallest absolute Gasteiger partial charge is 0.235 e. The first-order valence-corrected chi connectivity index (χ1v) is 8.59. The minimum absolute atomic E-state index is 0.188. The van der Waals surface area contributed by atoms with Crippen molar-refractivity contribution in [2.45, 2.75) is 42.5 Å². The van der Waals surface area contributed by atoms with Gasteiger partial charge in [0, 0.05) is 13.1 Å². The van der Waals surface area contributed by atoms with Gasteiger partial charge in [0.05, 0.1) is 5.75 Å². The number of carbonyl (C=O) groups excluding carboxylic acids is 1.